The van der Waals surface area contributed by atoms with E-state index >= 15 is 0 Å². The van der Waals surface area contributed by atoms with Gasteiger partial charge < -0.3 is 39.8 Å². The first-order valence-electron chi connectivity index (χ1n) is 14.6. The molecular formula is C31H31Cl3N4O11S. The first kappa shape index (κ1) is 38.6. The van der Waals surface area contributed by atoms with Crippen LogP contribution in [0.1, 0.15) is 44.9 Å². The zero-order chi connectivity index (χ0) is 37.0. The van der Waals surface area contributed by atoms with E-state index in [2.05, 4.69) is 16.0 Å². The second kappa shape index (κ2) is 15.3. The third-order valence-electron chi connectivity index (χ3n) is 7.30. The van der Waals surface area contributed by atoms with Crippen LogP contribution in [-0.2, 0) is 44.8 Å². The monoisotopic (exact) mass is 772 g/mol. The van der Waals surface area contributed by atoms with Gasteiger partial charge in [-0.05, 0) is 37.1 Å². The van der Waals surface area contributed by atoms with Crippen LogP contribution >= 0.6 is 46.6 Å². The molecule has 2 aromatic rings. The fourth-order valence-corrected chi connectivity index (χ4v) is 7.09. The third kappa shape index (κ3) is 8.72. The summed E-state index contributed by atoms with van der Waals surface area (Å²) in [5.74, 6) is -4.65. The van der Waals surface area contributed by atoms with Gasteiger partial charge in [-0.25, -0.2) is 9.59 Å². The van der Waals surface area contributed by atoms with E-state index in [9.17, 15) is 33.6 Å². The Bertz CT molecular complexity index is 1690. The van der Waals surface area contributed by atoms with E-state index in [1.165, 1.54) is 17.0 Å². The van der Waals surface area contributed by atoms with Gasteiger partial charge >= 0.3 is 24.0 Å². The van der Waals surface area contributed by atoms with E-state index < -0.39 is 74.1 Å². The molecule has 0 aromatic heterocycles. The van der Waals surface area contributed by atoms with Crippen molar-refractivity contribution in [2.75, 3.05) is 6.61 Å². The minimum atomic E-state index is -2.09. The molecule has 268 valence electrons. The molecule has 2 heterocycles. The van der Waals surface area contributed by atoms with E-state index in [1.54, 1.807) is 38.1 Å². The Morgan fingerprint density at radius 1 is 0.980 bits per heavy atom. The van der Waals surface area contributed by atoms with Gasteiger partial charge in [0.1, 0.15) is 30.7 Å². The largest absolute Gasteiger partial charge is 0.459 e. The summed E-state index contributed by atoms with van der Waals surface area (Å²) in [7, 11) is 0. The Morgan fingerprint density at radius 3 is 2.22 bits per heavy atom. The van der Waals surface area contributed by atoms with E-state index in [0.717, 1.165) is 37.2 Å². The van der Waals surface area contributed by atoms with Crippen molar-refractivity contribution in [3.8, 4) is 11.5 Å². The average molecular weight is 774 g/mol. The molecule has 0 bridgehead atoms. The van der Waals surface area contributed by atoms with Gasteiger partial charge in [0.05, 0.1) is 0 Å². The van der Waals surface area contributed by atoms with Crippen LogP contribution in [0.25, 0.3) is 0 Å². The molecule has 4 atom stereocenters. The van der Waals surface area contributed by atoms with E-state index in [1.807, 2.05) is 6.07 Å². The standard InChI is InChI=1S/C31H31Cl3N4O11S/c1-16(40)48-20-11-10-19(12-21(20)49-17(2)41)22(36-28(45)47-14-30(32,33)34)24(42)37-31(35-15-39)26(44)38-23(29(3,4)50-27(31)38)25(43)46-13-18-8-6-5-7-9-18/h5-12,15,22-23,27H,13-14H2,1-4H3,(H,35,39)(H,36,45)(H,37,42)/t22?,23-,27+,31+/m0/s1. The molecule has 4 rings (SSSR count). The lowest BCUT2D eigenvalue weighted by molar-refractivity contribution is -0.174. The number of halogens is 3. The summed E-state index contributed by atoms with van der Waals surface area (Å²) < 4.78 is 17.7. The summed E-state index contributed by atoms with van der Waals surface area (Å²) in [5.41, 5.74) is -1.43. The van der Waals surface area contributed by atoms with Crippen LogP contribution < -0.4 is 25.4 Å². The highest BCUT2D eigenvalue weighted by atomic mass is 35.6. The van der Waals surface area contributed by atoms with Crippen LogP contribution in [0, 0.1) is 0 Å². The Balaban J connectivity index is 1.65. The van der Waals surface area contributed by atoms with Crippen LogP contribution in [0.5, 0.6) is 11.5 Å². The highest BCUT2D eigenvalue weighted by Crippen LogP contribution is 2.54. The number of nitrogens with one attached hydrogen (secondary N) is 3. The van der Waals surface area contributed by atoms with Crippen LogP contribution in [0.3, 0.4) is 0 Å². The second-order valence-corrected chi connectivity index (χ2v) is 15.8. The molecule has 50 heavy (non-hydrogen) atoms. The van der Waals surface area contributed by atoms with Crippen molar-refractivity contribution in [3.05, 3.63) is 59.7 Å². The Kier molecular flexibility index (Phi) is 11.8. The number of alkyl carbamates (subject to hydrolysis) is 1. The second-order valence-electron chi connectivity index (χ2n) is 11.5. The fraction of sp³-hybridized carbons (Fsp3) is 0.387. The predicted octanol–water partition coefficient (Wildman–Crippen LogP) is 3.04. The van der Waals surface area contributed by atoms with Crippen molar-refractivity contribution in [3.63, 3.8) is 0 Å². The van der Waals surface area contributed by atoms with Crippen molar-refractivity contribution in [1.82, 2.24) is 20.9 Å². The Labute approximate surface area is 304 Å². The molecular weight excluding hydrogens is 743 g/mol. The van der Waals surface area contributed by atoms with Crippen molar-refractivity contribution >= 4 is 88.8 Å². The average Bonchev–Trinajstić information content (AvgIpc) is 3.30. The lowest BCUT2D eigenvalue weighted by Gasteiger charge is -2.52. The molecule has 4 amide bonds. The molecule has 3 N–H and O–H groups in total. The zero-order valence-corrected chi connectivity index (χ0v) is 29.9. The highest BCUT2D eigenvalue weighted by molar-refractivity contribution is 8.01. The quantitative estimate of drug-likeness (QED) is 0.0714. The maximum Gasteiger partial charge on any atom is 0.408 e. The van der Waals surface area contributed by atoms with Crippen LogP contribution in [-0.4, -0.2) is 79.4 Å². The number of hydrogen-bond donors (Lipinski definition) is 3. The summed E-state index contributed by atoms with van der Waals surface area (Å²) in [6, 6.07) is 9.66. The number of thioether (sulfide) groups is 1. The molecule has 2 saturated heterocycles. The third-order valence-corrected chi connectivity index (χ3v) is 9.26. The lowest BCUT2D eigenvalue weighted by atomic mass is 9.90. The Morgan fingerprint density at radius 2 is 1.62 bits per heavy atom. The number of hydrogen-bond acceptors (Lipinski definition) is 12. The zero-order valence-electron chi connectivity index (χ0n) is 26.8. The van der Waals surface area contributed by atoms with Gasteiger partial charge in [0.15, 0.2) is 11.5 Å². The van der Waals surface area contributed by atoms with Crippen molar-refractivity contribution in [2.45, 2.75) is 66.0 Å². The van der Waals surface area contributed by atoms with E-state index in [0.29, 0.717) is 0 Å². The first-order valence-corrected chi connectivity index (χ1v) is 16.6. The number of nitrogens with zero attached hydrogens (tertiary/aromatic N) is 1. The summed E-state index contributed by atoms with van der Waals surface area (Å²) in [6.45, 7) is 4.83. The number of esters is 3. The van der Waals surface area contributed by atoms with Gasteiger partial charge in [-0.2, -0.15) is 0 Å². The van der Waals surface area contributed by atoms with Crippen LogP contribution in [0.15, 0.2) is 48.5 Å². The van der Waals surface area contributed by atoms with Crippen molar-refractivity contribution in [2.24, 2.45) is 0 Å². The normalized spacial score (nSPS) is 21.0. The molecule has 2 fully saturated rings. The number of amides is 4. The minimum Gasteiger partial charge on any atom is -0.459 e. The van der Waals surface area contributed by atoms with Gasteiger partial charge in [-0.1, -0.05) is 71.2 Å². The van der Waals surface area contributed by atoms with Gasteiger partial charge in [0, 0.05) is 18.6 Å². The van der Waals surface area contributed by atoms with Gasteiger partial charge in [0.2, 0.25) is 21.8 Å². The molecule has 0 spiro atoms. The molecule has 0 aliphatic carbocycles. The predicted molar refractivity (Wildman–Crippen MR) is 179 cm³/mol. The summed E-state index contributed by atoms with van der Waals surface area (Å²) in [5, 5.41) is 6.16. The lowest BCUT2D eigenvalue weighted by Crippen LogP contribution is -2.85. The molecule has 2 aromatic carbocycles. The van der Waals surface area contributed by atoms with Crippen LogP contribution in [0.4, 0.5) is 4.79 Å². The molecule has 1 unspecified atom stereocenters. The van der Waals surface area contributed by atoms with Crippen LogP contribution in [0.2, 0.25) is 0 Å². The summed E-state index contributed by atoms with van der Waals surface area (Å²) in [4.78, 5) is 90.6. The Hall–Kier alpha value is -4.25. The highest BCUT2D eigenvalue weighted by Gasteiger charge is 2.73. The molecule has 0 saturated carbocycles. The number of β-lactam (4-membered cyclic amide) rings is 1. The van der Waals surface area contributed by atoms with Gasteiger partial charge in [-0.3, -0.25) is 24.0 Å². The van der Waals surface area contributed by atoms with Crippen molar-refractivity contribution < 1.29 is 52.5 Å². The smallest absolute Gasteiger partial charge is 0.408 e. The van der Waals surface area contributed by atoms with Gasteiger partial charge in [-0.15, -0.1) is 11.8 Å². The molecule has 15 nitrogen and oxygen atoms in total. The van der Waals surface area contributed by atoms with Gasteiger partial charge in [0.25, 0.3) is 5.91 Å². The molecule has 0 radical (unpaired) electrons. The number of carbonyl (C=O) groups is 7. The maximum absolute atomic E-state index is 14.0. The fourth-order valence-electron chi connectivity index (χ4n) is 5.28. The summed E-state index contributed by atoms with van der Waals surface area (Å²) in [6.07, 6.45) is -1.04. The molecule has 19 heteroatoms. The molecule has 2 aliphatic heterocycles. The minimum absolute atomic E-state index is 0.0502. The van der Waals surface area contributed by atoms with E-state index in [4.69, 9.17) is 53.8 Å². The maximum atomic E-state index is 14.0. The topological polar surface area (TPSA) is 196 Å². The number of rotatable bonds is 12. The number of fused-ring (bicyclic) bond motifs is 1. The summed E-state index contributed by atoms with van der Waals surface area (Å²) >= 11 is 18.2. The SMILES string of the molecule is CC(=O)Oc1ccc(C(NC(=O)OCC(Cl)(Cl)Cl)C(=O)N[C@]2(NC=O)C(=O)N3[C@@H](C(=O)OCc4ccccc4)C(C)(C)S[C@@H]32)cc1OC(C)=O. The number of alkyl halides is 3. The number of ether oxygens (including phenoxy) is 4. The number of benzene rings is 2. The van der Waals surface area contributed by atoms with Crippen molar-refractivity contribution in [1.29, 1.82) is 0 Å². The molecule has 2 aliphatic rings. The number of carbonyl (C=O) groups excluding carboxylic acids is 7. The first-order chi connectivity index (χ1) is 23.4. The van der Waals surface area contributed by atoms with E-state index in [-0.39, 0.29) is 30.1 Å².